The van der Waals surface area contributed by atoms with Gasteiger partial charge in [-0.15, -0.1) is 0 Å². The van der Waals surface area contributed by atoms with Crippen LogP contribution in [-0.2, 0) is 9.59 Å². The van der Waals surface area contributed by atoms with Crippen molar-refractivity contribution in [2.75, 3.05) is 6.54 Å². The molecule has 20 heavy (non-hydrogen) atoms. The summed E-state index contributed by atoms with van der Waals surface area (Å²) in [4.78, 5) is 26.0. The van der Waals surface area contributed by atoms with Gasteiger partial charge in [-0.1, -0.05) is 45.4 Å². The molecule has 2 amide bonds. The van der Waals surface area contributed by atoms with Gasteiger partial charge in [0.25, 0.3) is 0 Å². The van der Waals surface area contributed by atoms with Gasteiger partial charge in [-0.3, -0.25) is 14.5 Å². The number of rotatable bonds is 7. The Balaban J connectivity index is 1.78. The smallest absolute Gasteiger partial charge is 0.247 e. The Labute approximate surface area is 122 Å². The quantitative estimate of drug-likeness (QED) is 0.576. The number of amides is 2. The summed E-state index contributed by atoms with van der Waals surface area (Å²) in [5.74, 6) is 0.0605. The van der Waals surface area contributed by atoms with Crippen LogP contribution in [0.2, 0.25) is 0 Å². The third-order valence-electron chi connectivity index (χ3n) is 4.54. The van der Waals surface area contributed by atoms with E-state index in [1.807, 2.05) is 0 Å². The zero-order valence-electron chi connectivity index (χ0n) is 12.7. The van der Waals surface area contributed by atoms with E-state index in [9.17, 15) is 9.59 Å². The largest absolute Gasteiger partial charge is 0.305 e. The van der Waals surface area contributed by atoms with Crippen molar-refractivity contribution in [3.05, 3.63) is 0 Å². The summed E-state index contributed by atoms with van der Waals surface area (Å²) < 4.78 is 0. The average molecular weight is 280 g/mol. The maximum Gasteiger partial charge on any atom is 0.247 e. The minimum Gasteiger partial charge on any atom is -0.305 e. The van der Waals surface area contributed by atoms with Crippen molar-refractivity contribution >= 4 is 11.8 Å². The molecule has 1 unspecified atom stereocenters. The molecule has 0 aromatic rings. The van der Waals surface area contributed by atoms with E-state index in [1.54, 1.807) is 4.90 Å². The number of imide groups is 1. The Morgan fingerprint density at radius 3 is 2.55 bits per heavy atom. The minimum atomic E-state index is -0.258. The number of unbranched alkanes of at least 4 members (excludes halogenated alkanes) is 3. The Morgan fingerprint density at radius 2 is 1.85 bits per heavy atom. The Morgan fingerprint density at radius 1 is 1.10 bits per heavy atom. The molecule has 0 bridgehead atoms. The van der Waals surface area contributed by atoms with Crippen molar-refractivity contribution in [1.82, 2.24) is 10.2 Å². The summed E-state index contributed by atoms with van der Waals surface area (Å²) in [7, 11) is 0. The number of hydrogen-bond acceptors (Lipinski definition) is 3. The van der Waals surface area contributed by atoms with Crippen molar-refractivity contribution in [3.63, 3.8) is 0 Å². The van der Waals surface area contributed by atoms with Crippen LogP contribution in [0.1, 0.15) is 71.1 Å². The first-order valence-corrected chi connectivity index (χ1v) is 8.33. The van der Waals surface area contributed by atoms with E-state index in [4.69, 9.17) is 0 Å². The van der Waals surface area contributed by atoms with Crippen LogP contribution in [0.3, 0.4) is 0 Å². The van der Waals surface area contributed by atoms with Crippen LogP contribution in [0.5, 0.6) is 0 Å². The van der Waals surface area contributed by atoms with Crippen LogP contribution in [0.15, 0.2) is 0 Å². The van der Waals surface area contributed by atoms with Gasteiger partial charge in [-0.05, 0) is 25.8 Å². The molecule has 4 heteroatoms. The molecule has 114 valence electrons. The van der Waals surface area contributed by atoms with E-state index in [0.717, 1.165) is 38.6 Å². The second-order valence-corrected chi connectivity index (χ2v) is 6.17. The number of carbonyl (C=O) groups is 2. The van der Waals surface area contributed by atoms with Gasteiger partial charge in [0.2, 0.25) is 11.8 Å². The summed E-state index contributed by atoms with van der Waals surface area (Å²) in [5.41, 5.74) is 0. The Kier molecular flexibility index (Phi) is 6.02. The minimum absolute atomic E-state index is 0.0254. The molecule has 0 radical (unpaired) electrons. The fourth-order valence-corrected chi connectivity index (χ4v) is 3.36. The number of nitrogens with one attached hydrogen (secondary N) is 1. The number of carbonyl (C=O) groups excluding carboxylic acids is 2. The molecule has 0 aromatic heterocycles. The van der Waals surface area contributed by atoms with Gasteiger partial charge in [0.15, 0.2) is 0 Å². The molecule has 1 atom stereocenters. The lowest BCUT2D eigenvalue weighted by Crippen LogP contribution is -2.44. The lowest BCUT2D eigenvalue weighted by molar-refractivity contribution is -0.142. The summed E-state index contributed by atoms with van der Waals surface area (Å²) in [6, 6.07) is -0.0818. The van der Waals surface area contributed by atoms with E-state index >= 15 is 0 Å². The highest BCUT2D eigenvalue weighted by molar-refractivity contribution is 6.05. The molecular formula is C16H28N2O2. The van der Waals surface area contributed by atoms with Crippen LogP contribution in [-0.4, -0.2) is 35.3 Å². The lowest BCUT2D eigenvalue weighted by Gasteiger charge is -2.29. The van der Waals surface area contributed by atoms with Gasteiger partial charge >= 0.3 is 0 Å². The van der Waals surface area contributed by atoms with Crippen LogP contribution < -0.4 is 5.32 Å². The highest BCUT2D eigenvalue weighted by atomic mass is 16.2. The molecule has 1 saturated heterocycles. The number of likely N-dealkylation sites (tertiary alicyclic amines) is 1. The molecule has 1 saturated carbocycles. The molecule has 2 aliphatic rings. The standard InChI is InChI=1S/C16H28N2O2/c1-2-3-4-8-11-17-14-12-15(19)18(16(14)20)13-9-6-5-7-10-13/h13-14,17H,2-12H2,1H3. The van der Waals surface area contributed by atoms with Crippen molar-refractivity contribution in [2.24, 2.45) is 0 Å². The molecule has 1 aliphatic carbocycles. The normalized spacial score (nSPS) is 24.6. The first-order chi connectivity index (χ1) is 9.74. The topological polar surface area (TPSA) is 49.4 Å². The molecule has 2 rings (SSSR count). The highest BCUT2D eigenvalue weighted by Gasteiger charge is 2.41. The fourth-order valence-electron chi connectivity index (χ4n) is 3.36. The number of nitrogens with zero attached hydrogens (tertiary/aromatic N) is 1. The molecule has 2 fully saturated rings. The van der Waals surface area contributed by atoms with Crippen molar-refractivity contribution in [1.29, 1.82) is 0 Å². The average Bonchev–Trinajstić information content (AvgIpc) is 2.74. The summed E-state index contributed by atoms with van der Waals surface area (Å²) >= 11 is 0. The predicted octanol–water partition coefficient (Wildman–Crippen LogP) is 2.62. The SMILES string of the molecule is CCCCCCNC1CC(=O)N(C2CCCCC2)C1=O. The Bertz CT molecular complexity index is 337. The van der Waals surface area contributed by atoms with Crippen molar-refractivity contribution in [2.45, 2.75) is 83.2 Å². The summed E-state index contributed by atoms with van der Waals surface area (Å²) in [5, 5.41) is 3.28. The number of hydrogen-bond donors (Lipinski definition) is 1. The van der Waals surface area contributed by atoms with Gasteiger partial charge in [0.1, 0.15) is 0 Å². The highest BCUT2D eigenvalue weighted by Crippen LogP contribution is 2.27. The Hall–Kier alpha value is -0.900. The maximum absolute atomic E-state index is 12.4. The van der Waals surface area contributed by atoms with Crippen molar-refractivity contribution in [3.8, 4) is 0 Å². The molecule has 0 spiro atoms. The second kappa shape index (κ2) is 7.77. The third kappa shape index (κ3) is 3.81. The lowest BCUT2D eigenvalue weighted by atomic mass is 9.94. The fraction of sp³-hybridized carbons (Fsp3) is 0.875. The van der Waals surface area contributed by atoms with Gasteiger partial charge in [0, 0.05) is 6.04 Å². The van der Waals surface area contributed by atoms with Crippen LogP contribution >= 0.6 is 0 Å². The van der Waals surface area contributed by atoms with E-state index in [2.05, 4.69) is 12.2 Å². The van der Waals surface area contributed by atoms with Crippen LogP contribution in [0, 0.1) is 0 Å². The zero-order valence-corrected chi connectivity index (χ0v) is 12.7. The van der Waals surface area contributed by atoms with Gasteiger partial charge in [-0.25, -0.2) is 0 Å². The van der Waals surface area contributed by atoms with Crippen molar-refractivity contribution < 1.29 is 9.59 Å². The summed E-state index contributed by atoms with van der Waals surface area (Å²) in [6.07, 6.45) is 10.7. The molecule has 1 N–H and O–H groups in total. The monoisotopic (exact) mass is 280 g/mol. The van der Waals surface area contributed by atoms with Crippen LogP contribution in [0.4, 0.5) is 0 Å². The third-order valence-corrected chi connectivity index (χ3v) is 4.54. The summed E-state index contributed by atoms with van der Waals surface area (Å²) in [6.45, 7) is 3.04. The maximum atomic E-state index is 12.4. The van der Waals surface area contributed by atoms with E-state index in [0.29, 0.717) is 6.42 Å². The zero-order chi connectivity index (χ0) is 14.4. The van der Waals surface area contributed by atoms with Crippen LogP contribution in [0.25, 0.3) is 0 Å². The van der Waals surface area contributed by atoms with E-state index in [-0.39, 0.29) is 23.9 Å². The van der Waals surface area contributed by atoms with E-state index in [1.165, 1.54) is 25.7 Å². The van der Waals surface area contributed by atoms with Gasteiger partial charge < -0.3 is 5.32 Å². The van der Waals surface area contributed by atoms with E-state index < -0.39 is 0 Å². The molecule has 1 heterocycles. The first kappa shape index (κ1) is 15.5. The predicted molar refractivity (Wildman–Crippen MR) is 79.3 cm³/mol. The molecule has 1 aliphatic heterocycles. The van der Waals surface area contributed by atoms with Gasteiger partial charge in [0.05, 0.1) is 12.5 Å². The van der Waals surface area contributed by atoms with Gasteiger partial charge in [-0.2, -0.15) is 0 Å². The molecule has 4 nitrogen and oxygen atoms in total. The molecular weight excluding hydrogens is 252 g/mol. The molecule has 0 aromatic carbocycles. The first-order valence-electron chi connectivity index (χ1n) is 8.33. The second-order valence-electron chi connectivity index (χ2n) is 6.17.